The van der Waals surface area contributed by atoms with E-state index in [0.717, 1.165) is 0 Å². The van der Waals surface area contributed by atoms with Gasteiger partial charge < -0.3 is 5.11 Å². The van der Waals surface area contributed by atoms with E-state index in [2.05, 4.69) is 13.2 Å². The summed E-state index contributed by atoms with van der Waals surface area (Å²) in [6.45, 7) is 7.22. The molecule has 1 nitrogen and oxygen atoms in total. The Labute approximate surface area is 58.0 Å². The predicted molar refractivity (Wildman–Crippen MR) is 35.8 cm³/mol. The van der Waals surface area contributed by atoms with Crippen molar-refractivity contribution in [3.05, 3.63) is 36.1 Å². The average molecular weight is 146 g/mol. The summed E-state index contributed by atoms with van der Waals surface area (Å²) in [6, 6.07) is 0. The minimum absolute atomic E-state index is 0.0762. The van der Waals surface area contributed by atoms with Gasteiger partial charge in [-0.1, -0.05) is 13.2 Å². The van der Waals surface area contributed by atoms with Crippen LogP contribution in [0.3, 0.4) is 0 Å². The van der Waals surface area contributed by atoms with Gasteiger partial charge in [0.2, 0.25) is 0 Å². The number of hydrogen-bond acceptors (Lipinski definition) is 1. The monoisotopic (exact) mass is 146 g/mol. The Morgan fingerprint density at radius 1 is 1.20 bits per heavy atom. The van der Waals surface area contributed by atoms with Crippen LogP contribution in [0.1, 0.15) is 6.92 Å². The van der Waals surface area contributed by atoms with Crippen molar-refractivity contribution in [3.8, 4) is 0 Å². The Morgan fingerprint density at radius 2 is 1.60 bits per heavy atom. The molecule has 0 spiro atoms. The van der Waals surface area contributed by atoms with Crippen molar-refractivity contribution < 1.29 is 13.9 Å². The van der Waals surface area contributed by atoms with Crippen LogP contribution in [0.4, 0.5) is 8.78 Å². The molecular weight excluding hydrogens is 138 g/mol. The molecule has 3 heteroatoms. The highest BCUT2D eigenvalue weighted by Gasteiger charge is 2.08. The minimum Gasteiger partial charge on any atom is -0.505 e. The van der Waals surface area contributed by atoms with E-state index in [1.165, 1.54) is 6.92 Å². The summed E-state index contributed by atoms with van der Waals surface area (Å²) in [6.07, 6.45) is 0. The molecular formula is C7H8F2O. The van der Waals surface area contributed by atoms with Gasteiger partial charge in [-0.05, 0) is 12.5 Å². The van der Waals surface area contributed by atoms with Crippen molar-refractivity contribution in [2.45, 2.75) is 6.92 Å². The highest BCUT2D eigenvalue weighted by Crippen LogP contribution is 2.19. The Morgan fingerprint density at radius 3 is 1.70 bits per heavy atom. The molecule has 0 aliphatic heterocycles. The van der Waals surface area contributed by atoms with Gasteiger partial charge in [-0.3, -0.25) is 0 Å². The lowest BCUT2D eigenvalue weighted by molar-refractivity contribution is 0.381. The number of halogens is 2. The van der Waals surface area contributed by atoms with E-state index in [1.54, 1.807) is 0 Å². The fourth-order valence-electron chi connectivity index (χ4n) is 0.314. The van der Waals surface area contributed by atoms with Crippen LogP contribution >= 0.6 is 0 Å². The molecule has 0 rings (SSSR count). The first-order valence-electron chi connectivity index (χ1n) is 2.56. The zero-order valence-corrected chi connectivity index (χ0v) is 5.62. The Kier molecular flexibility index (Phi) is 2.80. The highest BCUT2D eigenvalue weighted by molar-refractivity contribution is 5.30. The summed E-state index contributed by atoms with van der Waals surface area (Å²) < 4.78 is 24.6. The maximum absolute atomic E-state index is 12.4. The van der Waals surface area contributed by atoms with Crippen molar-refractivity contribution in [2.75, 3.05) is 0 Å². The lowest BCUT2D eigenvalue weighted by Gasteiger charge is -1.96. The second-order valence-corrected chi connectivity index (χ2v) is 1.85. The maximum Gasteiger partial charge on any atom is 0.199 e. The third-order valence-electron chi connectivity index (χ3n) is 0.821. The first kappa shape index (κ1) is 8.88. The number of hydrogen-bond donors (Lipinski definition) is 1. The molecule has 10 heavy (non-hydrogen) atoms. The fraction of sp³-hybridized carbons (Fsp3) is 0.143. The summed E-state index contributed by atoms with van der Waals surface area (Å²) in [5.74, 6) is -3.43. The van der Waals surface area contributed by atoms with Gasteiger partial charge in [0.1, 0.15) is 5.76 Å². The smallest absolute Gasteiger partial charge is 0.199 e. The number of allylic oxidation sites excluding steroid dienone is 3. The molecule has 0 aliphatic rings. The topological polar surface area (TPSA) is 20.2 Å². The van der Waals surface area contributed by atoms with E-state index in [9.17, 15) is 8.78 Å². The second-order valence-electron chi connectivity index (χ2n) is 1.85. The van der Waals surface area contributed by atoms with Crippen molar-refractivity contribution in [2.24, 2.45) is 0 Å². The first-order chi connectivity index (χ1) is 4.46. The molecule has 0 aromatic carbocycles. The van der Waals surface area contributed by atoms with E-state index in [4.69, 9.17) is 5.11 Å². The van der Waals surface area contributed by atoms with E-state index in [0.29, 0.717) is 0 Å². The molecule has 56 valence electrons. The van der Waals surface area contributed by atoms with Gasteiger partial charge in [-0.15, -0.1) is 0 Å². The summed E-state index contributed by atoms with van der Waals surface area (Å²) in [4.78, 5) is 0. The molecule has 0 aliphatic carbocycles. The predicted octanol–water partition coefficient (Wildman–Crippen LogP) is 2.78. The van der Waals surface area contributed by atoms with Crippen molar-refractivity contribution >= 4 is 0 Å². The molecule has 0 atom stereocenters. The van der Waals surface area contributed by atoms with E-state index in [-0.39, 0.29) is 5.57 Å². The van der Waals surface area contributed by atoms with E-state index < -0.39 is 17.4 Å². The fourth-order valence-corrected chi connectivity index (χ4v) is 0.314. The lowest BCUT2D eigenvalue weighted by atomic mass is 10.2. The second kappa shape index (κ2) is 3.15. The quantitative estimate of drug-likeness (QED) is 0.469. The maximum atomic E-state index is 12.4. The molecule has 0 fully saturated rings. The summed E-state index contributed by atoms with van der Waals surface area (Å²) >= 11 is 0. The van der Waals surface area contributed by atoms with Gasteiger partial charge in [0.15, 0.2) is 11.7 Å². The molecule has 0 aromatic rings. The van der Waals surface area contributed by atoms with Crippen LogP contribution in [0.2, 0.25) is 0 Å². The number of aliphatic hydroxyl groups excluding tert-OH is 1. The van der Waals surface area contributed by atoms with Gasteiger partial charge in [0.25, 0.3) is 0 Å². The van der Waals surface area contributed by atoms with Crippen LogP contribution in [0.25, 0.3) is 0 Å². The Balaban J connectivity index is 4.67. The van der Waals surface area contributed by atoms with Gasteiger partial charge in [-0.25, -0.2) is 4.39 Å². The Bertz CT molecular complexity index is 182. The van der Waals surface area contributed by atoms with Crippen LogP contribution in [-0.4, -0.2) is 5.11 Å². The van der Waals surface area contributed by atoms with Crippen molar-refractivity contribution in [1.82, 2.24) is 0 Å². The average Bonchev–Trinajstić information content (AvgIpc) is 1.84. The molecule has 1 N–H and O–H groups in total. The largest absolute Gasteiger partial charge is 0.505 e. The zero-order valence-electron chi connectivity index (χ0n) is 5.62. The molecule has 0 saturated carbocycles. The van der Waals surface area contributed by atoms with Gasteiger partial charge in [-0.2, -0.15) is 4.39 Å². The normalized spacial score (nSPS) is 12.3. The molecule has 0 saturated heterocycles. The molecule has 0 radical (unpaired) electrons. The first-order valence-corrected chi connectivity index (χ1v) is 2.56. The minimum atomic E-state index is -1.35. The van der Waals surface area contributed by atoms with Gasteiger partial charge in [0.05, 0.1) is 0 Å². The van der Waals surface area contributed by atoms with Gasteiger partial charge >= 0.3 is 0 Å². The third-order valence-corrected chi connectivity index (χ3v) is 0.821. The van der Waals surface area contributed by atoms with Crippen molar-refractivity contribution in [1.29, 1.82) is 0 Å². The molecule has 0 heterocycles. The van der Waals surface area contributed by atoms with Crippen molar-refractivity contribution in [3.63, 3.8) is 0 Å². The zero-order chi connectivity index (χ0) is 8.31. The Hall–Kier alpha value is -1.12. The SMILES string of the molecule is C=C(C)/C(F)=C(/F)C(=C)O. The molecule has 0 unspecified atom stereocenters. The van der Waals surface area contributed by atoms with Crippen LogP contribution in [0, 0.1) is 0 Å². The van der Waals surface area contributed by atoms with E-state index >= 15 is 0 Å². The van der Waals surface area contributed by atoms with Gasteiger partial charge in [0, 0.05) is 0 Å². The standard InChI is InChI=1S/C7H8F2O/c1-4(2)6(8)7(9)5(3)10/h10H,1,3H2,2H3/b7-6-. The summed E-state index contributed by atoms with van der Waals surface area (Å²) in [7, 11) is 0. The lowest BCUT2D eigenvalue weighted by Crippen LogP contribution is -1.84. The highest BCUT2D eigenvalue weighted by atomic mass is 19.2. The van der Waals surface area contributed by atoms with Crippen LogP contribution in [0.15, 0.2) is 36.1 Å². The van der Waals surface area contributed by atoms with Crippen LogP contribution in [0.5, 0.6) is 0 Å². The number of aliphatic hydroxyl groups is 1. The molecule has 0 aromatic heterocycles. The summed E-state index contributed by atoms with van der Waals surface area (Å²) in [5.41, 5.74) is -0.0762. The van der Waals surface area contributed by atoms with Crippen LogP contribution in [-0.2, 0) is 0 Å². The number of rotatable bonds is 2. The molecule has 0 amide bonds. The molecule has 0 bridgehead atoms. The van der Waals surface area contributed by atoms with Crippen LogP contribution < -0.4 is 0 Å². The third kappa shape index (κ3) is 2.01. The summed E-state index contributed by atoms with van der Waals surface area (Å²) in [5, 5.41) is 8.33. The van der Waals surface area contributed by atoms with E-state index in [1.807, 2.05) is 0 Å².